The molecular formula is C24H27NO3S2. The summed E-state index contributed by atoms with van der Waals surface area (Å²) in [6.07, 6.45) is 4.70. The minimum atomic E-state index is -3.67. The first-order valence-corrected chi connectivity index (χ1v) is 12.9. The zero-order valence-electron chi connectivity index (χ0n) is 17.4. The van der Waals surface area contributed by atoms with Gasteiger partial charge >= 0.3 is 0 Å². The van der Waals surface area contributed by atoms with Gasteiger partial charge in [-0.3, -0.25) is 9.10 Å². The Morgan fingerprint density at radius 2 is 1.87 bits per heavy atom. The summed E-state index contributed by atoms with van der Waals surface area (Å²) >= 11 is 1.66. The van der Waals surface area contributed by atoms with Gasteiger partial charge in [-0.25, -0.2) is 8.42 Å². The number of benzene rings is 2. The van der Waals surface area contributed by atoms with Gasteiger partial charge in [-0.15, -0.1) is 11.3 Å². The summed E-state index contributed by atoms with van der Waals surface area (Å²) in [5.41, 5.74) is 1.70. The Morgan fingerprint density at radius 1 is 1.10 bits per heavy atom. The van der Waals surface area contributed by atoms with Gasteiger partial charge in [-0.05, 0) is 61.9 Å². The van der Waals surface area contributed by atoms with Gasteiger partial charge in [-0.2, -0.15) is 0 Å². The number of nitrogens with zero attached hydrogens (tertiary/aromatic N) is 1. The molecule has 0 spiro atoms. The fourth-order valence-electron chi connectivity index (χ4n) is 4.21. The van der Waals surface area contributed by atoms with Crippen molar-refractivity contribution in [2.45, 2.75) is 50.8 Å². The monoisotopic (exact) mass is 441 g/mol. The van der Waals surface area contributed by atoms with Crippen molar-refractivity contribution in [3.8, 4) is 0 Å². The normalized spacial score (nSPS) is 16.4. The Bertz CT molecular complexity index is 1220. The average Bonchev–Trinajstić information content (AvgIpc) is 2.77. The van der Waals surface area contributed by atoms with E-state index in [0.29, 0.717) is 30.0 Å². The summed E-state index contributed by atoms with van der Waals surface area (Å²) in [6.45, 7) is 4.56. The van der Waals surface area contributed by atoms with E-state index in [1.54, 1.807) is 47.7 Å². The van der Waals surface area contributed by atoms with Crippen LogP contribution in [0.4, 0.5) is 5.69 Å². The molecule has 0 saturated heterocycles. The number of fused-ring (bicyclic) bond motifs is 2. The number of sulfonamides is 1. The van der Waals surface area contributed by atoms with Crippen molar-refractivity contribution in [1.82, 2.24) is 0 Å². The second-order valence-corrected chi connectivity index (χ2v) is 10.9. The Balaban J connectivity index is 1.82. The number of hydrogen-bond acceptors (Lipinski definition) is 4. The lowest BCUT2D eigenvalue weighted by Gasteiger charge is -2.25. The number of anilines is 1. The standard InChI is InChI=1S/C24H27NO3S2/c1-3-14-25(30(27,28)19-8-6-5-7-9-19)18-11-13-21-23(16-18)29-22-15-17(4-2)10-12-20(22)24(21)26/h5-9,11,13,16-17H,3-4,10,12,14-15H2,1-2H3. The minimum Gasteiger partial charge on any atom is -0.289 e. The highest BCUT2D eigenvalue weighted by Crippen LogP contribution is 2.34. The molecule has 1 aromatic heterocycles. The average molecular weight is 442 g/mol. The van der Waals surface area contributed by atoms with Crippen molar-refractivity contribution in [2.75, 3.05) is 10.8 Å². The van der Waals surface area contributed by atoms with Crippen molar-refractivity contribution in [2.24, 2.45) is 5.92 Å². The van der Waals surface area contributed by atoms with E-state index in [2.05, 4.69) is 6.92 Å². The van der Waals surface area contributed by atoms with E-state index in [4.69, 9.17) is 0 Å². The molecule has 30 heavy (non-hydrogen) atoms. The first-order valence-electron chi connectivity index (χ1n) is 10.6. The maximum Gasteiger partial charge on any atom is 0.264 e. The second-order valence-electron chi connectivity index (χ2n) is 7.92. The summed E-state index contributed by atoms with van der Waals surface area (Å²) in [5.74, 6) is 0.629. The summed E-state index contributed by atoms with van der Waals surface area (Å²) in [6, 6.07) is 14.0. The van der Waals surface area contributed by atoms with Crippen LogP contribution in [0.25, 0.3) is 10.1 Å². The molecule has 0 saturated carbocycles. The van der Waals surface area contributed by atoms with Crippen LogP contribution < -0.4 is 9.73 Å². The van der Waals surface area contributed by atoms with Crippen LogP contribution >= 0.6 is 11.3 Å². The number of hydrogen-bond donors (Lipinski definition) is 0. The SMILES string of the molecule is CCCN(c1ccc2c(=O)c3c(sc2c1)CC(CC)CC3)S(=O)(=O)c1ccccc1. The van der Waals surface area contributed by atoms with E-state index in [1.807, 2.05) is 19.1 Å². The summed E-state index contributed by atoms with van der Waals surface area (Å²) in [5, 5.41) is 0.700. The smallest absolute Gasteiger partial charge is 0.264 e. The fourth-order valence-corrected chi connectivity index (χ4v) is 7.13. The second kappa shape index (κ2) is 8.52. The quantitative estimate of drug-likeness (QED) is 0.516. The third-order valence-electron chi connectivity index (χ3n) is 5.95. The molecular weight excluding hydrogens is 414 g/mol. The molecule has 1 atom stereocenters. The van der Waals surface area contributed by atoms with Gasteiger partial charge in [0.1, 0.15) is 0 Å². The van der Waals surface area contributed by atoms with E-state index in [9.17, 15) is 13.2 Å². The fraction of sp³-hybridized carbons (Fsp3) is 0.375. The van der Waals surface area contributed by atoms with Crippen LogP contribution in [-0.4, -0.2) is 15.0 Å². The molecule has 1 unspecified atom stereocenters. The van der Waals surface area contributed by atoms with Gasteiger partial charge in [0.05, 0.1) is 10.6 Å². The molecule has 0 aliphatic heterocycles. The van der Waals surface area contributed by atoms with Gasteiger partial charge in [-0.1, -0.05) is 38.5 Å². The van der Waals surface area contributed by atoms with Crippen LogP contribution in [0, 0.1) is 5.92 Å². The van der Waals surface area contributed by atoms with Crippen LogP contribution in [0.2, 0.25) is 0 Å². The predicted molar refractivity (Wildman–Crippen MR) is 125 cm³/mol. The van der Waals surface area contributed by atoms with Gasteiger partial charge in [0.25, 0.3) is 10.0 Å². The van der Waals surface area contributed by atoms with Crippen molar-refractivity contribution >= 4 is 37.1 Å². The topological polar surface area (TPSA) is 54.5 Å². The lowest BCUT2D eigenvalue weighted by atomic mass is 9.87. The molecule has 0 fully saturated rings. The van der Waals surface area contributed by atoms with Crippen molar-refractivity contribution in [1.29, 1.82) is 0 Å². The highest BCUT2D eigenvalue weighted by Gasteiger charge is 2.26. The minimum absolute atomic E-state index is 0.118. The third-order valence-corrected chi connectivity index (χ3v) is 9.01. The highest BCUT2D eigenvalue weighted by molar-refractivity contribution is 7.92. The van der Waals surface area contributed by atoms with E-state index >= 15 is 0 Å². The van der Waals surface area contributed by atoms with Gasteiger partial charge in [0.15, 0.2) is 5.43 Å². The van der Waals surface area contributed by atoms with Crippen molar-refractivity contribution < 1.29 is 8.42 Å². The molecule has 158 valence electrons. The van der Waals surface area contributed by atoms with Gasteiger partial charge in [0.2, 0.25) is 0 Å². The summed E-state index contributed by atoms with van der Waals surface area (Å²) in [4.78, 5) is 14.5. The van der Waals surface area contributed by atoms with Crippen LogP contribution in [-0.2, 0) is 22.9 Å². The zero-order valence-corrected chi connectivity index (χ0v) is 19.1. The Morgan fingerprint density at radius 3 is 2.57 bits per heavy atom. The molecule has 4 nitrogen and oxygen atoms in total. The molecule has 4 rings (SSSR count). The third kappa shape index (κ3) is 3.79. The Labute approximate surface area is 182 Å². The molecule has 1 aliphatic rings. The predicted octanol–water partition coefficient (Wildman–Crippen LogP) is 5.38. The van der Waals surface area contributed by atoms with Crippen LogP contribution in [0.5, 0.6) is 0 Å². The van der Waals surface area contributed by atoms with Crippen LogP contribution in [0.15, 0.2) is 58.2 Å². The largest absolute Gasteiger partial charge is 0.289 e. The first kappa shape index (κ1) is 21.1. The van der Waals surface area contributed by atoms with E-state index < -0.39 is 10.0 Å². The molecule has 1 heterocycles. The van der Waals surface area contributed by atoms with Crippen LogP contribution in [0.1, 0.15) is 43.6 Å². The molecule has 1 aliphatic carbocycles. The van der Waals surface area contributed by atoms with E-state index in [0.717, 1.165) is 35.9 Å². The van der Waals surface area contributed by atoms with E-state index in [-0.39, 0.29) is 10.3 Å². The molecule has 3 aromatic rings. The first-order chi connectivity index (χ1) is 14.5. The lowest BCUT2D eigenvalue weighted by Crippen LogP contribution is -2.31. The van der Waals surface area contributed by atoms with Gasteiger partial charge < -0.3 is 0 Å². The maximum absolute atomic E-state index is 13.3. The summed E-state index contributed by atoms with van der Waals surface area (Å²) in [7, 11) is -3.67. The molecule has 0 amide bonds. The summed E-state index contributed by atoms with van der Waals surface area (Å²) < 4.78 is 29.0. The number of rotatable bonds is 6. The van der Waals surface area contributed by atoms with Gasteiger partial charge in [0, 0.05) is 27.1 Å². The Kier molecular flexibility index (Phi) is 5.98. The van der Waals surface area contributed by atoms with Crippen molar-refractivity contribution in [3.05, 3.63) is 69.2 Å². The highest BCUT2D eigenvalue weighted by atomic mass is 32.2. The lowest BCUT2D eigenvalue weighted by molar-refractivity contribution is 0.448. The van der Waals surface area contributed by atoms with Crippen LogP contribution in [0.3, 0.4) is 0 Å². The molecule has 0 radical (unpaired) electrons. The zero-order chi connectivity index (χ0) is 21.3. The van der Waals surface area contributed by atoms with E-state index in [1.165, 1.54) is 9.18 Å². The molecule has 0 bridgehead atoms. The maximum atomic E-state index is 13.3. The molecule has 2 aromatic carbocycles. The van der Waals surface area contributed by atoms with Crippen molar-refractivity contribution in [3.63, 3.8) is 0 Å². The molecule has 6 heteroatoms. The Hall–Kier alpha value is -2.18. The molecule has 0 N–H and O–H groups in total.